The summed E-state index contributed by atoms with van der Waals surface area (Å²) >= 11 is 0. The van der Waals surface area contributed by atoms with E-state index in [-0.39, 0.29) is 22.5 Å². The summed E-state index contributed by atoms with van der Waals surface area (Å²) < 4.78 is 39.8. The highest BCUT2D eigenvalue weighted by Crippen LogP contribution is 2.17. The molecule has 0 spiro atoms. The molecule has 2 aromatic rings. The summed E-state index contributed by atoms with van der Waals surface area (Å²) in [6, 6.07) is 10.7. The van der Waals surface area contributed by atoms with Gasteiger partial charge in [0.2, 0.25) is 0 Å². The van der Waals surface area contributed by atoms with E-state index in [1.54, 1.807) is 0 Å². The van der Waals surface area contributed by atoms with E-state index in [4.69, 9.17) is 0 Å². The van der Waals surface area contributed by atoms with Crippen molar-refractivity contribution in [1.82, 2.24) is 5.32 Å². The fraction of sp³-hybridized carbons (Fsp3) is 0.235. The molecule has 128 valence electrons. The maximum absolute atomic E-state index is 12.9. The molecule has 0 radical (unpaired) electrons. The van der Waals surface area contributed by atoms with Gasteiger partial charge in [-0.3, -0.25) is 9.52 Å². The maximum Gasteiger partial charge on any atom is 0.261 e. The van der Waals surface area contributed by atoms with Crippen LogP contribution in [-0.2, 0) is 10.0 Å². The largest absolute Gasteiger partial charge is 0.350 e. The van der Waals surface area contributed by atoms with Crippen molar-refractivity contribution in [2.24, 2.45) is 0 Å². The van der Waals surface area contributed by atoms with Crippen LogP contribution in [0.3, 0.4) is 0 Å². The minimum atomic E-state index is -3.80. The third kappa shape index (κ3) is 4.55. The van der Waals surface area contributed by atoms with Crippen LogP contribution in [0.2, 0.25) is 0 Å². The molecule has 2 aromatic carbocycles. The molecule has 0 aliphatic rings. The zero-order valence-electron chi connectivity index (χ0n) is 13.4. The monoisotopic (exact) mass is 350 g/mol. The number of sulfonamides is 1. The van der Waals surface area contributed by atoms with Crippen molar-refractivity contribution in [1.29, 1.82) is 0 Å². The predicted molar refractivity (Wildman–Crippen MR) is 90.9 cm³/mol. The third-order valence-corrected chi connectivity index (χ3v) is 4.91. The normalized spacial score (nSPS) is 12.5. The van der Waals surface area contributed by atoms with E-state index in [1.165, 1.54) is 48.5 Å². The van der Waals surface area contributed by atoms with E-state index in [0.717, 1.165) is 6.42 Å². The summed E-state index contributed by atoms with van der Waals surface area (Å²) in [6.07, 6.45) is 0.805. The zero-order chi connectivity index (χ0) is 17.7. The molecule has 1 atom stereocenters. The zero-order valence-corrected chi connectivity index (χ0v) is 14.2. The van der Waals surface area contributed by atoms with Crippen LogP contribution in [0.15, 0.2) is 53.4 Å². The van der Waals surface area contributed by atoms with Crippen molar-refractivity contribution in [3.63, 3.8) is 0 Å². The van der Waals surface area contributed by atoms with Gasteiger partial charge in [-0.05, 0) is 61.9 Å². The Bertz CT molecular complexity index is 803. The Kier molecular flexibility index (Phi) is 5.56. The number of benzene rings is 2. The number of rotatable bonds is 6. The molecule has 0 saturated carbocycles. The fourth-order valence-electron chi connectivity index (χ4n) is 1.93. The summed E-state index contributed by atoms with van der Waals surface area (Å²) in [4.78, 5) is 12.0. The maximum atomic E-state index is 12.9. The van der Waals surface area contributed by atoms with Crippen molar-refractivity contribution >= 4 is 21.6 Å². The van der Waals surface area contributed by atoms with Gasteiger partial charge < -0.3 is 5.32 Å². The number of hydrogen-bond acceptors (Lipinski definition) is 3. The van der Waals surface area contributed by atoms with E-state index in [2.05, 4.69) is 10.0 Å². The third-order valence-electron chi connectivity index (χ3n) is 3.51. The molecule has 0 aliphatic carbocycles. The lowest BCUT2D eigenvalue weighted by Crippen LogP contribution is -2.31. The van der Waals surface area contributed by atoms with Gasteiger partial charge in [0.25, 0.3) is 15.9 Å². The Morgan fingerprint density at radius 3 is 2.21 bits per heavy atom. The van der Waals surface area contributed by atoms with E-state index in [0.29, 0.717) is 5.56 Å². The van der Waals surface area contributed by atoms with Crippen molar-refractivity contribution in [3.8, 4) is 0 Å². The molecule has 1 amide bonds. The van der Waals surface area contributed by atoms with Crippen molar-refractivity contribution in [2.75, 3.05) is 4.72 Å². The van der Waals surface area contributed by atoms with Gasteiger partial charge in [0.15, 0.2) is 0 Å². The Hall–Kier alpha value is -2.41. The standard InChI is InChI=1S/C17H19FN2O3S/c1-3-12(2)19-17(21)13-4-10-16(11-5-13)24(22,23)20-15-8-6-14(18)7-9-15/h4-12,20H,3H2,1-2H3,(H,19,21). The first-order valence-electron chi connectivity index (χ1n) is 7.51. The number of nitrogens with one attached hydrogen (secondary N) is 2. The first kappa shape index (κ1) is 17.9. The number of halogens is 1. The molecule has 2 rings (SSSR count). The van der Waals surface area contributed by atoms with Crippen molar-refractivity contribution in [2.45, 2.75) is 31.2 Å². The molecule has 2 N–H and O–H groups in total. The number of carbonyl (C=O) groups is 1. The predicted octanol–water partition coefficient (Wildman–Crippen LogP) is 3.15. The SMILES string of the molecule is CCC(C)NC(=O)c1ccc(S(=O)(=O)Nc2ccc(F)cc2)cc1. The summed E-state index contributed by atoms with van der Waals surface area (Å²) in [5, 5.41) is 2.81. The second-order valence-electron chi connectivity index (χ2n) is 5.42. The van der Waals surface area contributed by atoms with Gasteiger partial charge >= 0.3 is 0 Å². The summed E-state index contributed by atoms with van der Waals surface area (Å²) in [5.74, 6) is -0.700. The highest BCUT2D eigenvalue weighted by Gasteiger charge is 2.15. The van der Waals surface area contributed by atoms with Crippen LogP contribution in [0.25, 0.3) is 0 Å². The first-order valence-corrected chi connectivity index (χ1v) is 8.99. The molecule has 24 heavy (non-hydrogen) atoms. The average Bonchev–Trinajstić information content (AvgIpc) is 2.56. The Morgan fingerprint density at radius 1 is 1.08 bits per heavy atom. The molecular formula is C17H19FN2O3S. The lowest BCUT2D eigenvalue weighted by molar-refractivity contribution is 0.0939. The van der Waals surface area contributed by atoms with Crippen LogP contribution in [0.5, 0.6) is 0 Å². The van der Waals surface area contributed by atoms with Crippen LogP contribution < -0.4 is 10.0 Å². The molecule has 5 nitrogen and oxygen atoms in total. The van der Waals surface area contributed by atoms with Crippen molar-refractivity contribution in [3.05, 3.63) is 59.9 Å². The van der Waals surface area contributed by atoms with E-state index < -0.39 is 15.8 Å². The van der Waals surface area contributed by atoms with E-state index in [9.17, 15) is 17.6 Å². The van der Waals surface area contributed by atoms with Crippen LogP contribution in [0, 0.1) is 5.82 Å². The number of anilines is 1. The fourth-order valence-corrected chi connectivity index (χ4v) is 2.99. The summed E-state index contributed by atoms with van der Waals surface area (Å²) in [5.41, 5.74) is 0.644. The van der Waals surface area contributed by atoms with Gasteiger partial charge in [-0.15, -0.1) is 0 Å². The van der Waals surface area contributed by atoms with Crippen LogP contribution in [0.1, 0.15) is 30.6 Å². The summed E-state index contributed by atoms with van der Waals surface area (Å²) in [6.45, 7) is 3.85. The number of carbonyl (C=O) groups excluding carboxylic acids is 1. The second kappa shape index (κ2) is 7.44. The van der Waals surface area contributed by atoms with Crippen LogP contribution in [0.4, 0.5) is 10.1 Å². The van der Waals surface area contributed by atoms with Crippen LogP contribution in [-0.4, -0.2) is 20.4 Å². The first-order chi connectivity index (χ1) is 11.3. The summed E-state index contributed by atoms with van der Waals surface area (Å²) in [7, 11) is -3.80. The number of hydrogen-bond donors (Lipinski definition) is 2. The number of amides is 1. The molecule has 1 unspecified atom stereocenters. The topological polar surface area (TPSA) is 75.3 Å². The van der Waals surface area contributed by atoms with Gasteiger partial charge in [0.1, 0.15) is 5.82 Å². The highest BCUT2D eigenvalue weighted by molar-refractivity contribution is 7.92. The van der Waals surface area contributed by atoms with Gasteiger partial charge in [0.05, 0.1) is 4.90 Å². The quantitative estimate of drug-likeness (QED) is 0.840. The molecule has 0 aromatic heterocycles. The minimum absolute atomic E-state index is 0.0203. The average molecular weight is 350 g/mol. The van der Waals surface area contributed by atoms with Crippen molar-refractivity contribution < 1.29 is 17.6 Å². The lowest BCUT2D eigenvalue weighted by Gasteiger charge is -2.12. The van der Waals surface area contributed by atoms with Gasteiger partial charge in [-0.1, -0.05) is 6.92 Å². The van der Waals surface area contributed by atoms with E-state index >= 15 is 0 Å². The van der Waals surface area contributed by atoms with E-state index in [1.807, 2.05) is 13.8 Å². The molecular weight excluding hydrogens is 331 g/mol. The molecule has 0 heterocycles. The van der Waals surface area contributed by atoms with Gasteiger partial charge in [-0.2, -0.15) is 0 Å². The Labute approximate surface area is 141 Å². The lowest BCUT2D eigenvalue weighted by atomic mass is 10.2. The molecule has 0 bridgehead atoms. The minimum Gasteiger partial charge on any atom is -0.350 e. The van der Waals surface area contributed by atoms with Gasteiger partial charge in [-0.25, -0.2) is 12.8 Å². The van der Waals surface area contributed by atoms with Crippen LogP contribution >= 0.6 is 0 Å². The molecule has 0 aliphatic heterocycles. The van der Waals surface area contributed by atoms with Gasteiger partial charge in [0, 0.05) is 17.3 Å². The molecule has 7 heteroatoms. The second-order valence-corrected chi connectivity index (χ2v) is 7.10. The highest BCUT2D eigenvalue weighted by atomic mass is 32.2. The molecule has 0 fully saturated rings. The molecule has 0 saturated heterocycles. The smallest absolute Gasteiger partial charge is 0.261 e. The Morgan fingerprint density at radius 2 is 1.67 bits per heavy atom. The Balaban J connectivity index is 2.14.